The lowest BCUT2D eigenvalue weighted by atomic mass is 10.1. The molecule has 0 aliphatic heterocycles. The first-order valence-corrected chi connectivity index (χ1v) is 7.52. The first-order chi connectivity index (χ1) is 9.40. The van der Waals surface area contributed by atoms with Gasteiger partial charge in [-0.05, 0) is 38.3 Å². The lowest BCUT2D eigenvalue weighted by Crippen LogP contribution is -2.35. The molecule has 1 rings (SSSR count). The Morgan fingerprint density at radius 1 is 1.35 bits per heavy atom. The van der Waals surface area contributed by atoms with Gasteiger partial charge in [-0.2, -0.15) is 0 Å². The highest BCUT2D eigenvalue weighted by Crippen LogP contribution is 2.20. The van der Waals surface area contributed by atoms with Crippen LogP contribution in [0.4, 0.5) is 4.79 Å². The number of aliphatic carboxylic acids is 1. The third-order valence-electron chi connectivity index (χ3n) is 3.16. The summed E-state index contributed by atoms with van der Waals surface area (Å²) in [7, 11) is 0. The van der Waals surface area contributed by atoms with Crippen LogP contribution >= 0.6 is 11.3 Å². The van der Waals surface area contributed by atoms with Crippen LogP contribution in [-0.4, -0.2) is 23.7 Å². The molecule has 1 atom stereocenters. The number of amides is 2. The van der Waals surface area contributed by atoms with Crippen LogP contribution < -0.4 is 10.6 Å². The van der Waals surface area contributed by atoms with Crippen molar-refractivity contribution in [3.63, 3.8) is 0 Å². The number of thiophene rings is 1. The highest BCUT2D eigenvalue weighted by Gasteiger charge is 2.10. The second-order valence-electron chi connectivity index (χ2n) is 4.94. The number of hydrogen-bond acceptors (Lipinski definition) is 3. The summed E-state index contributed by atoms with van der Waals surface area (Å²) < 4.78 is 0. The van der Waals surface area contributed by atoms with E-state index in [2.05, 4.69) is 30.5 Å². The number of carbonyl (C=O) groups excluding carboxylic acids is 1. The van der Waals surface area contributed by atoms with Gasteiger partial charge in [0.1, 0.15) is 0 Å². The summed E-state index contributed by atoms with van der Waals surface area (Å²) >= 11 is 1.68. The predicted octanol–water partition coefficient (Wildman–Crippen LogP) is 2.67. The molecule has 0 fully saturated rings. The summed E-state index contributed by atoms with van der Waals surface area (Å²) in [6.45, 7) is 6.80. The number of carbonyl (C=O) groups is 2. The molecule has 1 heterocycles. The fraction of sp³-hybridized carbons (Fsp3) is 0.571. The van der Waals surface area contributed by atoms with Gasteiger partial charge in [0.2, 0.25) is 0 Å². The zero-order valence-electron chi connectivity index (χ0n) is 12.2. The maximum atomic E-state index is 11.6. The number of nitrogens with one attached hydrogen (secondary N) is 2. The van der Waals surface area contributed by atoms with Crippen LogP contribution in [0.25, 0.3) is 0 Å². The molecule has 5 nitrogen and oxygen atoms in total. The summed E-state index contributed by atoms with van der Waals surface area (Å²) in [4.78, 5) is 24.6. The zero-order valence-corrected chi connectivity index (χ0v) is 13.0. The van der Waals surface area contributed by atoms with Crippen LogP contribution in [-0.2, 0) is 11.3 Å². The first kappa shape index (κ1) is 16.5. The average Bonchev–Trinajstić information content (AvgIpc) is 2.71. The molecule has 0 aromatic carbocycles. The van der Waals surface area contributed by atoms with E-state index in [0.717, 1.165) is 4.88 Å². The maximum absolute atomic E-state index is 11.6. The quantitative estimate of drug-likeness (QED) is 0.677. The SMILES string of the molecule is Cc1cc(CNC(=O)NCCCC(C)C(=O)O)sc1C. The lowest BCUT2D eigenvalue weighted by Gasteiger charge is -2.08. The van der Waals surface area contributed by atoms with Crippen molar-refractivity contribution >= 4 is 23.3 Å². The number of carboxylic acid groups (broad SMARTS) is 1. The zero-order chi connectivity index (χ0) is 15.1. The predicted molar refractivity (Wildman–Crippen MR) is 80.1 cm³/mol. The second kappa shape index (κ2) is 7.89. The topological polar surface area (TPSA) is 78.4 Å². The summed E-state index contributed by atoms with van der Waals surface area (Å²) in [6, 6.07) is 1.87. The van der Waals surface area contributed by atoms with E-state index in [9.17, 15) is 9.59 Å². The molecule has 20 heavy (non-hydrogen) atoms. The van der Waals surface area contributed by atoms with Crippen LogP contribution in [0.3, 0.4) is 0 Å². The number of aryl methyl sites for hydroxylation is 2. The van der Waals surface area contributed by atoms with E-state index in [1.807, 2.05) is 0 Å². The van der Waals surface area contributed by atoms with Gasteiger partial charge < -0.3 is 15.7 Å². The fourth-order valence-corrected chi connectivity index (χ4v) is 2.69. The highest BCUT2D eigenvalue weighted by atomic mass is 32.1. The van der Waals surface area contributed by atoms with Gasteiger partial charge in [-0.15, -0.1) is 11.3 Å². The van der Waals surface area contributed by atoms with Gasteiger partial charge in [-0.1, -0.05) is 6.92 Å². The van der Waals surface area contributed by atoms with Crippen molar-refractivity contribution in [2.45, 2.75) is 40.2 Å². The molecular formula is C14H22N2O3S. The first-order valence-electron chi connectivity index (χ1n) is 6.70. The Balaban J connectivity index is 2.16. The average molecular weight is 298 g/mol. The Hall–Kier alpha value is -1.56. The smallest absolute Gasteiger partial charge is 0.315 e. The highest BCUT2D eigenvalue weighted by molar-refractivity contribution is 7.12. The minimum Gasteiger partial charge on any atom is -0.481 e. The van der Waals surface area contributed by atoms with Crippen molar-refractivity contribution in [2.24, 2.45) is 5.92 Å². The van der Waals surface area contributed by atoms with Crippen LogP contribution in [0.5, 0.6) is 0 Å². The summed E-state index contributed by atoms with van der Waals surface area (Å²) in [5.74, 6) is -1.16. The molecule has 1 unspecified atom stereocenters. The van der Waals surface area contributed by atoms with Crippen molar-refractivity contribution in [1.29, 1.82) is 0 Å². The van der Waals surface area contributed by atoms with Gasteiger partial charge >= 0.3 is 12.0 Å². The number of hydrogen-bond donors (Lipinski definition) is 3. The van der Waals surface area contributed by atoms with Gasteiger partial charge in [0, 0.05) is 16.3 Å². The molecule has 1 aromatic heterocycles. The molecule has 112 valence electrons. The maximum Gasteiger partial charge on any atom is 0.315 e. The summed E-state index contributed by atoms with van der Waals surface area (Å²) in [6.07, 6.45) is 1.23. The van der Waals surface area contributed by atoms with Gasteiger partial charge in [0.15, 0.2) is 0 Å². The molecule has 0 bridgehead atoms. The van der Waals surface area contributed by atoms with Crippen LogP contribution in [0.2, 0.25) is 0 Å². The van der Waals surface area contributed by atoms with Gasteiger partial charge in [-0.25, -0.2) is 4.79 Å². The number of carboxylic acids is 1. The third-order valence-corrected chi connectivity index (χ3v) is 4.31. The van der Waals surface area contributed by atoms with Crippen molar-refractivity contribution in [2.75, 3.05) is 6.54 Å². The van der Waals surface area contributed by atoms with E-state index < -0.39 is 5.97 Å². The molecule has 1 aromatic rings. The molecular weight excluding hydrogens is 276 g/mol. The Morgan fingerprint density at radius 2 is 2.05 bits per heavy atom. The van der Waals surface area contributed by atoms with Gasteiger partial charge in [0.25, 0.3) is 0 Å². The molecule has 0 radical (unpaired) electrons. The molecule has 0 aliphatic carbocycles. The lowest BCUT2D eigenvalue weighted by molar-refractivity contribution is -0.141. The Bertz CT molecular complexity index is 451. The van der Waals surface area contributed by atoms with Gasteiger partial charge in [0.05, 0.1) is 12.5 Å². The van der Waals surface area contributed by atoms with Crippen LogP contribution in [0.15, 0.2) is 6.07 Å². The molecule has 3 N–H and O–H groups in total. The van der Waals surface area contributed by atoms with E-state index in [-0.39, 0.29) is 11.9 Å². The van der Waals surface area contributed by atoms with Crippen molar-refractivity contribution < 1.29 is 14.7 Å². The van der Waals surface area contributed by atoms with Gasteiger partial charge in [-0.3, -0.25) is 4.79 Å². The molecule has 0 aliphatic rings. The van der Waals surface area contributed by atoms with E-state index in [1.54, 1.807) is 18.3 Å². The summed E-state index contributed by atoms with van der Waals surface area (Å²) in [5.41, 5.74) is 1.25. The number of urea groups is 1. The normalized spacial score (nSPS) is 11.9. The minimum absolute atomic E-state index is 0.211. The number of rotatable bonds is 7. The van der Waals surface area contributed by atoms with E-state index in [4.69, 9.17) is 5.11 Å². The van der Waals surface area contributed by atoms with E-state index >= 15 is 0 Å². The summed E-state index contributed by atoms with van der Waals surface area (Å²) in [5, 5.41) is 14.3. The second-order valence-corrected chi connectivity index (χ2v) is 6.28. The molecule has 0 saturated carbocycles. The van der Waals surface area contributed by atoms with Crippen molar-refractivity contribution in [3.8, 4) is 0 Å². The Morgan fingerprint density at radius 3 is 2.60 bits per heavy atom. The Kier molecular flexibility index (Phi) is 6.51. The fourth-order valence-electron chi connectivity index (χ4n) is 1.70. The molecule has 6 heteroatoms. The third kappa shape index (κ3) is 5.61. The van der Waals surface area contributed by atoms with Crippen LogP contribution in [0.1, 0.15) is 35.1 Å². The van der Waals surface area contributed by atoms with E-state index in [0.29, 0.717) is 25.9 Å². The molecule has 0 saturated heterocycles. The van der Waals surface area contributed by atoms with Crippen LogP contribution in [0, 0.1) is 19.8 Å². The monoisotopic (exact) mass is 298 g/mol. The van der Waals surface area contributed by atoms with Crippen molar-refractivity contribution in [1.82, 2.24) is 10.6 Å². The van der Waals surface area contributed by atoms with Crippen molar-refractivity contribution in [3.05, 3.63) is 21.4 Å². The standard InChI is InChI=1S/C14H22N2O3S/c1-9(13(17)18)5-4-6-15-14(19)16-8-12-7-10(2)11(3)20-12/h7,9H,4-6,8H2,1-3H3,(H,17,18)(H2,15,16,19). The largest absolute Gasteiger partial charge is 0.481 e. The minimum atomic E-state index is -0.794. The molecule has 2 amide bonds. The Labute approximate surface area is 123 Å². The van der Waals surface area contributed by atoms with E-state index in [1.165, 1.54) is 10.4 Å². The molecule has 0 spiro atoms.